The van der Waals surface area contributed by atoms with Crippen LogP contribution in [0.1, 0.15) is 18.4 Å². The number of hydrogen-bond donors (Lipinski definition) is 2. The Hall–Kier alpha value is -3.65. The lowest BCUT2D eigenvalue weighted by Gasteiger charge is -2.25. The quantitative estimate of drug-likeness (QED) is 0.566. The highest BCUT2D eigenvalue weighted by atomic mass is 35.5. The van der Waals surface area contributed by atoms with Crippen LogP contribution < -0.4 is 11.1 Å². The number of aromatic nitrogens is 1. The van der Waals surface area contributed by atoms with Crippen molar-refractivity contribution in [1.29, 1.82) is 0 Å². The Balaban J connectivity index is 1.36. The molecule has 2 aliphatic rings. The number of amides is 3. The molecule has 1 fully saturated rings. The van der Waals surface area contributed by atoms with Crippen molar-refractivity contribution in [3.8, 4) is 0 Å². The number of para-hydroxylation sites is 1. The molecule has 0 radical (unpaired) electrons. The van der Waals surface area contributed by atoms with E-state index >= 15 is 0 Å². The number of nitrogens with zero attached hydrogens (tertiary/aromatic N) is 3. The summed E-state index contributed by atoms with van der Waals surface area (Å²) in [5.74, 6) is 0. The van der Waals surface area contributed by atoms with E-state index in [0.29, 0.717) is 28.0 Å². The third-order valence-corrected chi connectivity index (χ3v) is 6.27. The molecule has 3 amide bonds. The monoisotopic (exact) mass is 465 g/mol. The Labute approximate surface area is 194 Å². The lowest BCUT2D eigenvalue weighted by Crippen LogP contribution is -2.42. The predicted octanol–water partition coefficient (Wildman–Crippen LogP) is 5.05. The number of hydrogen-bond acceptors (Lipinski definition) is 3. The molecule has 1 saturated heterocycles. The smallest absolute Gasteiger partial charge is 0.323 e. The van der Waals surface area contributed by atoms with Crippen molar-refractivity contribution in [2.75, 3.05) is 11.9 Å². The molecule has 2 aliphatic heterocycles. The minimum absolute atomic E-state index is 0.0313. The van der Waals surface area contributed by atoms with Crippen LogP contribution >= 0.6 is 11.6 Å². The van der Waals surface area contributed by atoms with Crippen LogP contribution in [0.25, 0.3) is 16.5 Å². The molecular formula is C24H21ClFN5O2. The van der Waals surface area contributed by atoms with E-state index in [2.05, 4.69) is 10.3 Å². The summed E-state index contributed by atoms with van der Waals surface area (Å²) in [5, 5.41) is 4.12. The number of anilines is 1. The number of nitrogens with two attached hydrogens (primary N) is 1. The van der Waals surface area contributed by atoms with E-state index < -0.39 is 24.3 Å². The van der Waals surface area contributed by atoms with Crippen molar-refractivity contribution in [3.05, 3.63) is 71.5 Å². The second kappa shape index (κ2) is 8.37. The molecule has 3 heterocycles. The Bertz CT molecular complexity index is 1330. The number of alkyl halides is 1. The molecule has 2 aromatic carbocycles. The SMILES string of the molecule is NC(=O)n1cc(NC(=O)N2C[C@H](F)C[C@H]2C2=NC=C(c3cccc(Cl)c3)C2)c2ccccc21. The van der Waals surface area contributed by atoms with Gasteiger partial charge in [0.25, 0.3) is 0 Å². The van der Waals surface area contributed by atoms with Crippen molar-refractivity contribution < 1.29 is 14.0 Å². The third-order valence-electron chi connectivity index (χ3n) is 6.04. The highest BCUT2D eigenvalue weighted by molar-refractivity contribution is 6.30. The number of halogens is 2. The number of allylic oxidation sites excluding steroid dienone is 1. The van der Waals surface area contributed by atoms with E-state index in [1.165, 1.54) is 15.7 Å². The van der Waals surface area contributed by atoms with Gasteiger partial charge in [0.1, 0.15) is 6.17 Å². The zero-order valence-corrected chi connectivity index (χ0v) is 18.3. The summed E-state index contributed by atoms with van der Waals surface area (Å²) >= 11 is 6.10. The molecule has 168 valence electrons. The van der Waals surface area contributed by atoms with E-state index in [-0.39, 0.29) is 13.0 Å². The minimum Gasteiger partial charge on any atom is -0.351 e. The summed E-state index contributed by atoms with van der Waals surface area (Å²) in [6.45, 7) is -0.0313. The molecule has 0 aliphatic carbocycles. The number of rotatable bonds is 3. The Morgan fingerprint density at radius 1 is 1.18 bits per heavy atom. The molecule has 2 atom stereocenters. The average molecular weight is 466 g/mol. The summed E-state index contributed by atoms with van der Waals surface area (Å²) in [6, 6.07) is 13.0. The van der Waals surface area contributed by atoms with Gasteiger partial charge in [-0.2, -0.15) is 0 Å². The summed E-state index contributed by atoms with van der Waals surface area (Å²) in [6.07, 6.45) is 2.79. The maximum Gasteiger partial charge on any atom is 0.323 e. The fraction of sp³-hybridized carbons (Fsp3) is 0.208. The van der Waals surface area contributed by atoms with Gasteiger partial charge in [0, 0.05) is 41.4 Å². The van der Waals surface area contributed by atoms with Gasteiger partial charge in [0.2, 0.25) is 0 Å². The number of benzene rings is 2. The van der Waals surface area contributed by atoms with E-state index in [1.54, 1.807) is 36.5 Å². The maximum atomic E-state index is 14.4. The standard InChI is InChI=1S/C24H21ClFN5O2/c25-16-5-3-4-14(8-16)15-9-19(28-11-15)22-10-17(26)12-31(22)24(33)29-20-13-30(23(27)32)21-7-2-1-6-18(20)21/h1-8,11,13,17,22H,9-10,12H2,(H2,27,32)(H,29,33)/t17-,22+/m1/s1. The van der Waals surface area contributed by atoms with Crippen molar-refractivity contribution >= 4 is 51.5 Å². The lowest BCUT2D eigenvalue weighted by molar-refractivity contribution is 0.212. The number of urea groups is 1. The van der Waals surface area contributed by atoms with Gasteiger partial charge in [0.15, 0.2) is 0 Å². The first-order chi connectivity index (χ1) is 15.9. The molecule has 5 rings (SSSR count). The summed E-state index contributed by atoms with van der Waals surface area (Å²) in [7, 11) is 0. The Morgan fingerprint density at radius 2 is 2.00 bits per heavy atom. The molecule has 0 spiro atoms. The summed E-state index contributed by atoms with van der Waals surface area (Å²) < 4.78 is 15.7. The topological polar surface area (TPSA) is 92.7 Å². The highest BCUT2D eigenvalue weighted by Crippen LogP contribution is 2.32. The van der Waals surface area contributed by atoms with Gasteiger partial charge in [-0.05, 0) is 29.3 Å². The molecule has 9 heteroatoms. The number of nitrogens with one attached hydrogen (secondary N) is 1. The number of fused-ring (bicyclic) bond motifs is 1. The first-order valence-corrected chi connectivity index (χ1v) is 10.9. The van der Waals surface area contributed by atoms with Crippen LogP contribution in [0.2, 0.25) is 5.02 Å². The van der Waals surface area contributed by atoms with E-state index in [9.17, 15) is 14.0 Å². The van der Waals surface area contributed by atoms with Gasteiger partial charge in [-0.25, -0.2) is 14.0 Å². The molecule has 3 N–H and O–H groups in total. The number of carbonyl (C=O) groups excluding carboxylic acids is 2. The third kappa shape index (κ3) is 3.98. The van der Waals surface area contributed by atoms with E-state index in [0.717, 1.165) is 16.8 Å². The van der Waals surface area contributed by atoms with Gasteiger partial charge in [-0.15, -0.1) is 0 Å². The lowest BCUT2D eigenvalue weighted by atomic mass is 9.98. The molecule has 1 aromatic heterocycles. The summed E-state index contributed by atoms with van der Waals surface area (Å²) in [4.78, 5) is 31.0. The van der Waals surface area contributed by atoms with Crippen LogP contribution in [0, 0.1) is 0 Å². The van der Waals surface area contributed by atoms with Crippen LogP contribution in [0.15, 0.2) is 65.9 Å². The highest BCUT2D eigenvalue weighted by Gasteiger charge is 2.39. The van der Waals surface area contributed by atoms with E-state index in [1.807, 2.05) is 18.2 Å². The normalized spacial score (nSPS) is 20.1. The van der Waals surface area contributed by atoms with Crippen LogP contribution in [0.5, 0.6) is 0 Å². The first kappa shape index (κ1) is 21.2. The largest absolute Gasteiger partial charge is 0.351 e. The van der Waals surface area contributed by atoms with Crippen LogP contribution in [0.3, 0.4) is 0 Å². The molecule has 3 aromatic rings. The molecule has 0 bridgehead atoms. The van der Waals surface area contributed by atoms with Gasteiger partial charge in [0.05, 0.1) is 23.8 Å². The van der Waals surface area contributed by atoms with Gasteiger partial charge in [-0.1, -0.05) is 41.9 Å². The minimum atomic E-state index is -1.15. The van der Waals surface area contributed by atoms with E-state index in [4.69, 9.17) is 17.3 Å². The maximum absolute atomic E-state index is 14.4. The zero-order chi connectivity index (χ0) is 23.1. The van der Waals surface area contributed by atoms with Gasteiger partial charge < -0.3 is 16.0 Å². The van der Waals surface area contributed by atoms with Crippen molar-refractivity contribution in [3.63, 3.8) is 0 Å². The zero-order valence-electron chi connectivity index (χ0n) is 17.5. The second-order valence-corrected chi connectivity index (χ2v) is 8.60. The molecule has 7 nitrogen and oxygen atoms in total. The first-order valence-electron chi connectivity index (χ1n) is 10.5. The van der Waals surface area contributed by atoms with Crippen molar-refractivity contribution in [2.24, 2.45) is 10.7 Å². The van der Waals surface area contributed by atoms with Crippen LogP contribution in [0.4, 0.5) is 19.7 Å². The number of likely N-dealkylation sites (tertiary alicyclic amines) is 1. The number of aliphatic imine (C=N–C) groups is 1. The van der Waals surface area contributed by atoms with Gasteiger partial charge in [-0.3, -0.25) is 9.56 Å². The molecule has 0 saturated carbocycles. The van der Waals surface area contributed by atoms with Crippen LogP contribution in [-0.4, -0.2) is 46.0 Å². The number of carbonyl (C=O) groups is 2. The van der Waals surface area contributed by atoms with Crippen molar-refractivity contribution in [2.45, 2.75) is 25.1 Å². The second-order valence-electron chi connectivity index (χ2n) is 8.16. The number of primary amides is 1. The van der Waals surface area contributed by atoms with Crippen LogP contribution in [-0.2, 0) is 0 Å². The fourth-order valence-corrected chi connectivity index (χ4v) is 4.68. The average Bonchev–Trinajstić information content (AvgIpc) is 3.51. The molecule has 0 unspecified atom stereocenters. The fourth-order valence-electron chi connectivity index (χ4n) is 4.49. The Morgan fingerprint density at radius 3 is 2.79 bits per heavy atom. The molecular weight excluding hydrogens is 445 g/mol. The molecule has 33 heavy (non-hydrogen) atoms. The Kier molecular flexibility index (Phi) is 5.38. The van der Waals surface area contributed by atoms with Gasteiger partial charge >= 0.3 is 12.1 Å². The van der Waals surface area contributed by atoms with Crippen molar-refractivity contribution in [1.82, 2.24) is 9.47 Å². The predicted molar refractivity (Wildman–Crippen MR) is 127 cm³/mol. The summed E-state index contributed by atoms with van der Waals surface area (Å²) in [5.41, 5.74) is 9.13.